The van der Waals surface area contributed by atoms with Crippen molar-refractivity contribution in [1.82, 2.24) is 9.78 Å². The fraction of sp³-hybridized carbons (Fsp3) is 0.0588. The van der Waals surface area contributed by atoms with E-state index in [2.05, 4.69) is 5.10 Å². The van der Waals surface area contributed by atoms with Crippen LogP contribution in [-0.4, -0.2) is 21.3 Å². The quantitative estimate of drug-likeness (QED) is 0.545. The van der Waals surface area contributed by atoms with Crippen LogP contribution in [0.5, 0.6) is 0 Å². The lowest BCUT2D eigenvalue weighted by Crippen LogP contribution is -2.30. The van der Waals surface area contributed by atoms with E-state index in [1.165, 1.54) is 4.68 Å². The highest BCUT2D eigenvalue weighted by atomic mass is 16.3. The fourth-order valence-electron chi connectivity index (χ4n) is 2.90. The maximum Gasteiger partial charge on any atom is 0.263 e. The molecule has 0 fully saturated rings. The van der Waals surface area contributed by atoms with E-state index in [0.29, 0.717) is 21.5 Å². The number of aromatic amines is 1. The average Bonchev–Trinajstić information content (AvgIpc) is 2.90. The van der Waals surface area contributed by atoms with Crippen molar-refractivity contribution in [1.29, 1.82) is 0 Å². The number of nitrogens with zero attached hydrogens (tertiary/aromatic N) is 2. The van der Waals surface area contributed by atoms with Gasteiger partial charge in [0.05, 0.1) is 4.91 Å². The summed E-state index contributed by atoms with van der Waals surface area (Å²) in [5.74, 6) is -0.700. The van der Waals surface area contributed by atoms with Crippen molar-refractivity contribution in [2.45, 2.75) is 6.92 Å². The van der Waals surface area contributed by atoms with E-state index in [9.17, 15) is 14.5 Å². The second-order valence-corrected chi connectivity index (χ2v) is 5.46. The predicted molar refractivity (Wildman–Crippen MR) is 81.5 cm³/mol. The van der Waals surface area contributed by atoms with Crippen molar-refractivity contribution in [3.63, 3.8) is 0 Å². The summed E-state index contributed by atoms with van der Waals surface area (Å²) < 4.78 is 1.61. The van der Waals surface area contributed by atoms with Crippen molar-refractivity contribution >= 4 is 11.6 Å². The van der Waals surface area contributed by atoms with E-state index in [1.54, 1.807) is 42.5 Å². The molecule has 3 aromatic rings. The average molecular weight is 306 g/mol. The number of carbonyl (C=O) groups is 2. The molecule has 2 aromatic carbocycles. The van der Waals surface area contributed by atoms with Gasteiger partial charge in [0.1, 0.15) is 5.69 Å². The van der Waals surface area contributed by atoms with Crippen LogP contribution in [0.15, 0.2) is 48.5 Å². The summed E-state index contributed by atoms with van der Waals surface area (Å²) in [6.45, 7) is 1.89. The molecule has 1 aliphatic rings. The van der Waals surface area contributed by atoms with Gasteiger partial charge in [-0.2, -0.15) is 0 Å². The van der Waals surface area contributed by atoms with Crippen molar-refractivity contribution in [2.75, 3.05) is 0 Å². The number of aromatic nitrogens is 3. The molecule has 6 nitrogen and oxygen atoms in total. The molecule has 0 unspecified atom stereocenters. The molecule has 6 heteroatoms. The topological polar surface area (TPSA) is 77.8 Å². The molecule has 0 saturated heterocycles. The van der Waals surface area contributed by atoms with Gasteiger partial charge in [0.15, 0.2) is 11.4 Å². The number of hydrogen-bond acceptors (Lipinski definition) is 3. The summed E-state index contributed by atoms with van der Waals surface area (Å²) in [6.07, 6.45) is 0. The van der Waals surface area contributed by atoms with Crippen LogP contribution in [0.4, 0.5) is 0 Å². The molecule has 1 N–H and O–H groups in total. The first-order valence-corrected chi connectivity index (χ1v) is 7.11. The minimum atomic E-state index is -0.355. The third-order valence-corrected chi connectivity index (χ3v) is 3.94. The van der Waals surface area contributed by atoms with E-state index in [0.717, 1.165) is 5.56 Å². The van der Waals surface area contributed by atoms with Gasteiger partial charge in [0, 0.05) is 11.1 Å². The van der Waals surface area contributed by atoms with E-state index >= 15 is 0 Å². The predicted octanol–water partition coefficient (Wildman–Crippen LogP) is 1.80. The van der Waals surface area contributed by atoms with E-state index < -0.39 is 0 Å². The summed E-state index contributed by atoms with van der Waals surface area (Å²) in [7, 11) is 0. The number of carbonyl (C=O) groups excluding carboxylic acids is 2. The highest BCUT2D eigenvalue weighted by Crippen LogP contribution is 2.26. The van der Waals surface area contributed by atoms with Crippen LogP contribution in [0.25, 0.3) is 5.69 Å². The summed E-state index contributed by atoms with van der Waals surface area (Å²) in [6, 6.07) is 13.8. The van der Waals surface area contributed by atoms with E-state index in [4.69, 9.17) is 0 Å². The number of hydrogen-bond donors (Lipinski definition) is 1. The van der Waals surface area contributed by atoms with Crippen LogP contribution in [0.1, 0.15) is 37.7 Å². The minimum Gasteiger partial charge on any atom is -0.287 e. The summed E-state index contributed by atoms with van der Waals surface area (Å²) in [5, 5.41) is 2.46. The van der Waals surface area contributed by atoms with Crippen LogP contribution in [-0.2, 0) is 0 Å². The first-order valence-electron chi connectivity index (χ1n) is 7.11. The van der Waals surface area contributed by atoms with E-state index in [-0.39, 0.29) is 23.0 Å². The lowest BCUT2D eigenvalue weighted by atomic mass is 9.90. The third-order valence-electron chi connectivity index (χ3n) is 3.94. The number of rotatable bonds is 1. The lowest BCUT2D eigenvalue weighted by molar-refractivity contribution is -0.641. The smallest absolute Gasteiger partial charge is 0.263 e. The number of fused-ring (bicyclic) bond motifs is 2. The van der Waals surface area contributed by atoms with Crippen molar-refractivity contribution in [3.05, 3.63) is 81.5 Å². The van der Waals surface area contributed by atoms with Crippen molar-refractivity contribution in [3.8, 4) is 5.69 Å². The summed E-state index contributed by atoms with van der Waals surface area (Å²) in [5.41, 5.74) is 2.17. The standard InChI is InChI=1S/C17H11N3O3/c1-10-5-4-6-11(9-10)19-15-14(18-20(19)23)16(21)12-7-2-3-8-13(12)17(15)22/h2-9H,1H3/p+1. The summed E-state index contributed by atoms with van der Waals surface area (Å²) in [4.78, 5) is 37.6. The van der Waals surface area contributed by atoms with Crippen LogP contribution < -0.4 is 4.66 Å². The third kappa shape index (κ3) is 1.81. The van der Waals surface area contributed by atoms with Crippen LogP contribution >= 0.6 is 0 Å². The molecule has 1 aliphatic carbocycles. The van der Waals surface area contributed by atoms with Gasteiger partial charge >= 0.3 is 0 Å². The van der Waals surface area contributed by atoms with Gasteiger partial charge in [-0.25, -0.2) is 0 Å². The minimum absolute atomic E-state index is 0.0187. The van der Waals surface area contributed by atoms with Gasteiger partial charge < -0.3 is 0 Å². The Balaban J connectivity index is 2.04. The second kappa shape index (κ2) is 4.61. The van der Waals surface area contributed by atoms with Crippen molar-refractivity contribution in [2.24, 2.45) is 0 Å². The number of nitrogens with one attached hydrogen (secondary N) is 1. The number of ketones is 2. The van der Waals surface area contributed by atoms with Gasteiger partial charge in [-0.15, -0.1) is 0 Å². The number of H-pyrrole nitrogens is 1. The second-order valence-electron chi connectivity index (χ2n) is 5.46. The fourth-order valence-corrected chi connectivity index (χ4v) is 2.90. The van der Waals surface area contributed by atoms with Gasteiger partial charge in [-0.05, 0) is 29.3 Å². The molecule has 0 aliphatic heterocycles. The highest BCUT2D eigenvalue weighted by molar-refractivity contribution is 6.26. The molecule has 1 heterocycles. The normalized spacial score (nSPS) is 12.9. The Morgan fingerprint density at radius 1 is 0.957 bits per heavy atom. The molecule has 0 spiro atoms. The van der Waals surface area contributed by atoms with Crippen LogP contribution in [0.2, 0.25) is 0 Å². The summed E-state index contributed by atoms with van der Waals surface area (Å²) >= 11 is 0. The molecule has 0 amide bonds. The Morgan fingerprint density at radius 2 is 1.65 bits per heavy atom. The molecule has 1 aromatic heterocycles. The number of aryl methyl sites for hydroxylation is 1. The van der Waals surface area contributed by atoms with Gasteiger partial charge in [-0.3, -0.25) is 9.59 Å². The molecule has 23 heavy (non-hydrogen) atoms. The zero-order valence-electron chi connectivity index (χ0n) is 12.2. The zero-order chi connectivity index (χ0) is 16.1. The lowest BCUT2D eigenvalue weighted by Gasteiger charge is -2.11. The molecule has 112 valence electrons. The maximum atomic E-state index is 12.8. The Bertz CT molecular complexity index is 1040. The largest absolute Gasteiger partial charge is 0.287 e. The molecule has 0 bridgehead atoms. The number of benzene rings is 2. The molecular formula is C17H12N3O3+. The highest BCUT2D eigenvalue weighted by Gasteiger charge is 2.39. The Hall–Kier alpha value is -3.28. The van der Waals surface area contributed by atoms with Crippen molar-refractivity contribution < 1.29 is 14.2 Å². The van der Waals surface area contributed by atoms with Crippen LogP contribution in [0.3, 0.4) is 0 Å². The zero-order valence-corrected chi connectivity index (χ0v) is 12.2. The molecule has 0 saturated carbocycles. The molecule has 0 radical (unpaired) electrons. The van der Waals surface area contributed by atoms with Gasteiger partial charge in [0.2, 0.25) is 11.6 Å². The molecule has 4 rings (SSSR count). The van der Waals surface area contributed by atoms with Crippen LogP contribution in [0, 0.1) is 11.8 Å². The SMILES string of the molecule is Cc1cccc(-n2c3c([nH][n+]2=O)C(=O)c2ccccc2C3=O)c1. The Kier molecular flexibility index (Phi) is 2.68. The Morgan fingerprint density at radius 3 is 2.35 bits per heavy atom. The maximum absolute atomic E-state index is 12.8. The monoisotopic (exact) mass is 306 g/mol. The van der Waals surface area contributed by atoms with Gasteiger partial charge in [0.25, 0.3) is 4.66 Å². The van der Waals surface area contributed by atoms with E-state index in [1.807, 2.05) is 13.0 Å². The molecule has 0 atom stereocenters. The first-order chi connectivity index (χ1) is 11.1. The van der Waals surface area contributed by atoms with Gasteiger partial charge in [-0.1, -0.05) is 41.5 Å². The first kappa shape index (κ1) is 13.4. The molecular weight excluding hydrogens is 294 g/mol. The Labute approximate surface area is 130 Å².